The maximum atomic E-state index is 11.4. The highest BCUT2D eigenvalue weighted by molar-refractivity contribution is 5.81. The van der Waals surface area contributed by atoms with Crippen LogP contribution in [0.1, 0.15) is 78.6 Å². The molecule has 0 heterocycles. The van der Waals surface area contributed by atoms with Gasteiger partial charge in [0.2, 0.25) is 0 Å². The number of hydrogen-bond acceptors (Lipinski definition) is 2. The highest BCUT2D eigenvalue weighted by Gasteiger charge is 2.17. The first-order chi connectivity index (χ1) is 9.17. The summed E-state index contributed by atoms with van der Waals surface area (Å²) in [7, 11) is 0. The lowest BCUT2D eigenvalue weighted by Gasteiger charge is -2.22. The monoisotopic (exact) mass is 268 g/mol. The van der Waals surface area contributed by atoms with Crippen molar-refractivity contribution < 1.29 is 9.53 Å². The number of rotatable bonds is 12. The normalized spacial score (nSPS) is 13.8. The second-order valence-electron chi connectivity index (χ2n) is 5.41. The summed E-state index contributed by atoms with van der Waals surface area (Å²) < 4.78 is 5.50. The number of unbranched alkanes of at least 4 members (excludes halogenated alkanes) is 3. The molecule has 0 radical (unpaired) electrons. The zero-order valence-electron chi connectivity index (χ0n) is 13.1. The molecule has 112 valence electrons. The molecular formula is C17H32O2. The van der Waals surface area contributed by atoms with E-state index in [1.165, 1.54) is 44.6 Å². The average Bonchev–Trinajstić information content (AvgIpc) is 2.43. The molecule has 0 aromatic rings. The zero-order chi connectivity index (χ0) is 14.5. The van der Waals surface area contributed by atoms with Crippen molar-refractivity contribution in [3.05, 3.63) is 12.7 Å². The third kappa shape index (κ3) is 9.75. The van der Waals surface area contributed by atoms with Crippen molar-refractivity contribution >= 4 is 5.97 Å². The van der Waals surface area contributed by atoms with Crippen LogP contribution in [0.25, 0.3) is 0 Å². The molecule has 0 N–H and O–H groups in total. The SMILES string of the molecule is C=CC(=O)OC(CCCCC)CC(CC)CCCC. The molecular weight excluding hydrogens is 236 g/mol. The fourth-order valence-electron chi connectivity index (χ4n) is 2.41. The summed E-state index contributed by atoms with van der Waals surface area (Å²) in [5, 5.41) is 0. The fraction of sp³-hybridized carbons (Fsp3) is 0.824. The molecule has 2 nitrogen and oxygen atoms in total. The van der Waals surface area contributed by atoms with Crippen LogP contribution < -0.4 is 0 Å². The second kappa shape index (κ2) is 12.3. The van der Waals surface area contributed by atoms with Crippen molar-refractivity contribution in [2.45, 2.75) is 84.7 Å². The van der Waals surface area contributed by atoms with Crippen LogP contribution in [0.2, 0.25) is 0 Å². The Balaban J connectivity index is 4.26. The lowest BCUT2D eigenvalue weighted by atomic mass is 9.91. The van der Waals surface area contributed by atoms with E-state index < -0.39 is 0 Å². The van der Waals surface area contributed by atoms with Crippen molar-refractivity contribution in [2.24, 2.45) is 5.92 Å². The minimum absolute atomic E-state index is 0.0823. The molecule has 0 spiro atoms. The van der Waals surface area contributed by atoms with E-state index in [1.54, 1.807) is 0 Å². The van der Waals surface area contributed by atoms with Gasteiger partial charge in [-0.05, 0) is 25.2 Å². The summed E-state index contributed by atoms with van der Waals surface area (Å²) in [6.07, 6.45) is 11.9. The number of carbonyl (C=O) groups excluding carboxylic acids is 1. The molecule has 0 fully saturated rings. The minimum atomic E-state index is -0.271. The first-order valence-electron chi connectivity index (χ1n) is 8.00. The second-order valence-corrected chi connectivity index (χ2v) is 5.41. The van der Waals surface area contributed by atoms with Gasteiger partial charge in [-0.15, -0.1) is 0 Å². The molecule has 0 aliphatic heterocycles. The summed E-state index contributed by atoms with van der Waals surface area (Å²) in [6.45, 7) is 10.1. The molecule has 0 aliphatic carbocycles. The van der Waals surface area contributed by atoms with Crippen LogP contribution in [-0.4, -0.2) is 12.1 Å². The number of ether oxygens (including phenoxy) is 1. The molecule has 0 rings (SSSR count). The lowest BCUT2D eigenvalue weighted by Crippen LogP contribution is -2.20. The van der Waals surface area contributed by atoms with Crippen LogP contribution >= 0.6 is 0 Å². The molecule has 2 atom stereocenters. The Morgan fingerprint density at radius 1 is 1.11 bits per heavy atom. The van der Waals surface area contributed by atoms with Crippen LogP contribution in [0.5, 0.6) is 0 Å². The Morgan fingerprint density at radius 2 is 1.79 bits per heavy atom. The maximum absolute atomic E-state index is 11.4. The van der Waals surface area contributed by atoms with E-state index in [-0.39, 0.29) is 12.1 Å². The van der Waals surface area contributed by atoms with Gasteiger partial charge in [0, 0.05) is 6.08 Å². The Kier molecular flexibility index (Phi) is 11.7. The van der Waals surface area contributed by atoms with Gasteiger partial charge in [-0.25, -0.2) is 4.79 Å². The molecule has 19 heavy (non-hydrogen) atoms. The highest BCUT2D eigenvalue weighted by atomic mass is 16.5. The van der Waals surface area contributed by atoms with E-state index in [4.69, 9.17) is 4.74 Å². The van der Waals surface area contributed by atoms with Crippen molar-refractivity contribution in [1.82, 2.24) is 0 Å². The van der Waals surface area contributed by atoms with Crippen LogP contribution in [0.4, 0.5) is 0 Å². The van der Waals surface area contributed by atoms with E-state index in [2.05, 4.69) is 27.4 Å². The topological polar surface area (TPSA) is 26.3 Å². The van der Waals surface area contributed by atoms with E-state index in [0.717, 1.165) is 19.3 Å². The minimum Gasteiger partial charge on any atom is -0.459 e. The zero-order valence-corrected chi connectivity index (χ0v) is 13.1. The largest absolute Gasteiger partial charge is 0.459 e. The predicted molar refractivity (Wildman–Crippen MR) is 82.1 cm³/mol. The van der Waals surface area contributed by atoms with Gasteiger partial charge in [-0.2, -0.15) is 0 Å². The van der Waals surface area contributed by atoms with Crippen LogP contribution in [0.3, 0.4) is 0 Å². The Bertz CT molecular complexity index is 235. The molecule has 0 amide bonds. The first kappa shape index (κ1) is 18.2. The molecule has 2 heteroatoms. The van der Waals surface area contributed by atoms with Gasteiger partial charge in [-0.1, -0.05) is 65.9 Å². The van der Waals surface area contributed by atoms with Gasteiger partial charge in [0.1, 0.15) is 6.10 Å². The van der Waals surface area contributed by atoms with Crippen molar-refractivity contribution in [3.63, 3.8) is 0 Å². The van der Waals surface area contributed by atoms with E-state index >= 15 is 0 Å². The van der Waals surface area contributed by atoms with Crippen LogP contribution in [0.15, 0.2) is 12.7 Å². The van der Waals surface area contributed by atoms with Gasteiger partial charge in [-0.3, -0.25) is 0 Å². The highest BCUT2D eigenvalue weighted by Crippen LogP contribution is 2.23. The van der Waals surface area contributed by atoms with Gasteiger partial charge in [0.15, 0.2) is 0 Å². The molecule has 0 bridgehead atoms. The molecule has 2 unspecified atom stereocenters. The Labute approximate surface area is 119 Å². The molecule has 0 aromatic heterocycles. The van der Waals surface area contributed by atoms with Gasteiger partial charge < -0.3 is 4.74 Å². The molecule has 0 aromatic carbocycles. The predicted octanol–water partition coefficient (Wildman–Crippen LogP) is 5.27. The Hall–Kier alpha value is -0.790. The Morgan fingerprint density at radius 3 is 2.32 bits per heavy atom. The van der Waals surface area contributed by atoms with E-state index in [9.17, 15) is 4.79 Å². The van der Waals surface area contributed by atoms with Crippen molar-refractivity contribution in [3.8, 4) is 0 Å². The molecule has 0 saturated carbocycles. The third-order valence-electron chi connectivity index (χ3n) is 3.72. The molecule has 0 aliphatic rings. The summed E-state index contributed by atoms with van der Waals surface area (Å²) >= 11 is 0. The average molecular weight is 268 g/mol. The standard InChI is InChI=1S/C17H32O2/c1-5-9-11-13-16(19-17(18)8-4)14-15(7-3)12-10-6-2/h8,15-16H,4-7,9-14H2,1-3H3. The fourth-order valence-corrected chi connectivity index (χ4v) is 2.41. The quantitative estimate of drug-likeness (QED) is 0.274. The summed E-state index contributed by atoms with van der Waals surface area (Å²) in [4.78, 5) is 11.4. The summed E-state index contributed by atoms with van der Waals surface area (Å²) in [6, 6.07) is 0. The number of carbonyl (C=O) groups is 1. The summed E-state index contributed by atoms with van der Waals surface area (Å²) in [5.74, 6) is 0.413. The summed E-state index contributed by atoms with van der Waals surface area (Å²) in [5.41, 5.74) is 0. The smallest absolute Gasteiger partial charge is 0.330 e. The van der Waals surface area contributed by atoms with Gasteiger partial charge in [0.05, 0.1) is 0 Å². The third-order valence-corrected chi connectivity index (χ3v) is 3.72. The molecule has 0 saturated heterocycles. The van der Waals surface area contributed by atoms with Crippen molar-refractivity contribution in [1.29, 1.82) is 0 Å². The van der Waals surface area contributed by atoms with Crippen LogP contribution in [-0.2, 0) is 9.53 Å². The van der Waals surface area contributed by atoms with E-state index in [0.29, 0.717) is 5.92 Å². The van der Waals surface area contributed by atoms with Crippen LogP contribution in [0, 0.1) is 5.92 Å². The van der Waals surface area contributed by atoms with Gasteiger partial charge >= 0.3 is 5.97 Å². The van der Waals surface area contributed by atoms with Crippen molar-refractivity contribution in [2.75, 3.05) is 0 Å². The number of esters is 1. The van der Waals surface area contributed by atoms with E-state index in [1.807, 2.05) is 0 Å². The number of hydrogen-bond donors (Lipinski definition) is 0. The first-order valence-corrected chi connectivity index (χ1v) is 8.00. The van der Waals surface area contributed by atoms with Gasteiger partial charge in [0.25, 0.3) is 0 Å². The maximum Gasteiger partial charge on any atom is 0.330 e. The lowest BCUT2D eigenvalue weighted by molar-refractivity contribution is -0.144.